The Morgan fingerprint density at radius 3 is 2.29 bits per heavy atom. The number of hydrogen-bond donors (Lipinski definition) is 1. The van der Waals surface area contributed by atoms with Crippen LogP contribution in [0.1, 0.15) is 15.9 Å². The highest BCUT2D eigenvalue weighted by Gasteiger charge is 2.17. The molecule has 0 atom stereocenters. The molecule has 2 N–H and O–H groups in total. The number of methoxy groups -OCH3 is 3. The Morgan fingerprint density at radius 2 is 1.82 bits per heavy atom. The standard InChI is InChI=1S/C12H17NO4/c1-15-10-7-9(12(14)17-3)11(16-2)6-8(10)4-5-13/h6-7H,4-5,13H2,1-3H3. The summed E-state index contributed by atoms with van der Waals surface area (Å²) in [5.41, 5.74) is 6.75. The minimum absolute atomic E-state index is 0.340. The number of ether oxygens (including phenoxy) is 3. The van der Waals surface area contributed by atoms with Crippen LogP contribution >= 0.6 is 0 Å². The monoisotopic (exact) mass is 239 g/mol. The van der Waals surface area contributed by atoms with Gasteiger partial charge in [-0.15, -0.1) is 0 Å². The summed E-state index contributed by atoms with van der Waals surface area (Å²) < 4.78 is 15.1. The summed E-state index contributed by atoms with van der Waals surface area (Å²) in [7, 11) is 4.37. The van der Waals surface area contributed by atoms with Gasteiger partial charge in [0.2, 0.25) is 0 Å². The van der Waals surface area contributed by atoms with Gasteiger partial charge in [0.15, 0.2) is 0 Å². The van der Waals surface area contributed by atoms with Crippen LogP contribution in [-0.2, 0) is 11.2 Å². The van der Waals surface area contributed by atoms with Crippen LogP contribution < -0.4 is 15.2 Å². The summed E-state index contributed by atoms with van der Waals surface area (Å²) in [5.74, 6) is 0.609. The average Bonchev–Trinajstić information content (AvgIpc) is 2.37. The lowest BCUT2D eigenvalue weighted by molar-refractivity contribution is 0.0596. The van der Waals surface area contributed by atoms with Crippen molar-refractivity contribution in [2.45, 2.75) is 6.42 Å². The molecule has 5 heteroatoms. The molecule has 0 unspecified atom stereocenters. The van der Waals surface area contributed by atoms with Crippen LogP contribution in [0, 0.1) is 0 Å². The Balaban J connectivity index is 3.27. The molecule has 17 heavy (non-hydrogen) atoms. The molecule has 0 bridgehead atoms. The number of esters is 1. The quantitative estimate of drug-likeness (QED) is 0.776. The first-order valence-electron chi connectivity index (χ1n) is 5.21. The van der Waals surface area contributed by atoms with Gasteiger partial charge in [0.1, 0.15) is 17.1 Å². The van der Waals surface area contributed by atoms with E-state index in [2.05, 4.69) is 4.74 Å². The lowest BCUT2D eigenvalue weighted by atomic mass is 10.1. The molecule has 0 aliphatic rings. The number of nitrogens with two attached hydrogens (primary N) is 1. The van der Waals surface area contributed by atoms with E-state index < -0.39 is 5.97 Å². The van der Waals surface area contributed by atoms with Gasteiger partial charge in [-0.1, -0.05) is 0 Å². The zero-order valence-corrected chi connectivity index (χ0v) is 10.3. The van der Waals surface area contributed by atoms with E-state index in [0.717, 1.165) is 5.56 Å². The van der Waals surface area contributed by atoms with Crippen molar-refractivity contribution in [3.05, 3.63) is 23.3 Å². The van der Waals surface area contributed by atoms with Crippen molar-refractivity contribution in [2.24, 2.45) is 5.73 Å². The van der Waals surface area contributed by atoms with Crippen LogP contribution in [-0.4, -0.2) is 33.8 Å². The van der Waals surface area contributed by atoms with Crippen molar-refractivity contribution in [1.29, 1.82) is 0 Å². The summed E-state index contributed by atoms with van der Waals surface area (Å²) in [4.78, 5) is 11.5. The van der Waals surface area contributed by atoms with E-state index in [1.54, 1.807) is 19.2 Å². The Bertz CT molecular complexity index is 404. The van der Waals surface area contributed by atoms with Gasteiger partial charge in [0.25, 0.3) is 0 Å². The summed E-state index contributed by atoms with van der Waals surface area (Å²) in [6, 6.07) is 3.35. The van der Waals surface area contributed by atoms with Gasteiger partial charge in [-0.2, -0.15) is 0 Å². The van der Waals surface area contributed by atoms with Gasteiger partial charge in [0, 0.05) is 0 Å². The fourth-order valence-electron chi connectivity index (χ4n) is 1.58. The first-order chi connectivity index (χ1) is 8.17. The highest BCUT2D eigenvalue weighted by Crippen LogP contribution is 2.29. The van der Waals surface area contributed by atoms with E-state index in [-0.39, 0.29) is 0 Å². The molecule has 0 spiro atoms. The second-order valence-corrected chi connectivity index (χ2v) is 3.39. The fourth-order valence-corrected chi connectivity index (χ4v) is 1.58. The molecule has 0 fully saturated rings. The maximum absolute atomic E-state index is 11.5. The first-order valence-corrected chi connectivity index (χ1v) is 5.21. The van der Waals surface area contributed by atoms with Crippen LogP contribution in [0.15, 0.2) is 12.1 Å². The van der Waals surface area contributed by atoms with Gasteiger partial charge in [-0.25, -0.2) is 4.79 Å². The molecule has 0 heterocycles. The average molecular weight is 239 g/mol. The van der Waals surface area contributed by atoms with Crippen molar-refractivity contribution < 1.29 is 19.0 Å². The summed E-state index contributed by atoms with van der Waals surface area (Å²) in [6.45, 7) is 0.497. The Labute approximate surface area is 100 Å². The highest BCUT2D eigenvalue weighted by atomic mass is 16.5. The van der Waals surface area contributed by atoms with Gasteiger partial charge < -0.3 is 19.9 Å². The van der Waals surface area contributed by atoms with Crippen LogP contribution in [0.5, 0.6) is 11.5 Å². The summed E-state index contributed by atoms with van der Waals surface area (Å²) in [6.07, 6.45) is 0.654. The van der Waals surface area contributed by atoms with E-state index in [0.29, 0.717) is 30.0 Å². The minimum Gasteiger partial charge on any atom is -0.496 e. The molecule has 1 rings (SSSR count). The molecule has 94 valence electrons. The molecule has 5 nitrogen and oxygen atoms in total. The largest absolute Gasteiger partial charge is 0.496 e. The van der Waals surface area contributed by atoms with E-state index in [1.165, 1.54) is 14.2 Å². The van der Waals surface area contributed by atoms with Crippen molar-refractivity contribution >= 4 is 5.97 Å². The van der Waals surface area contributed by atoms with Crippen LogP contribution in [0.2, 0.25) is 0 Å². The molecule has 1 aromatic carbocycles. The number of benzene rings is 1. The van der Waals surface area contributed by atoms with Crippen molar-refractivity contribution in [3.63, 3.8) is 0 Å². The lowest BCUT2D eigenvalue weighted by Crippen LogP contribution is -2.08. The van der Waals surface area contributed by atoms with E-state index >= 15 is 0 Å². The zero-order valence-electron chi connectivity index (χ0n) is 10.3. The second-order valence-electron chi connectivity index (χ2n) is 3.39. The van der Waals surface area contributed by atoms with Crippen LogP contribution in [0.25, 0.3) is 0 Å². The van der Waals surface area contributed by atoms with Crippen LogP contribution in [0.4, 0.5) is 0 Å². The third kappa shape index (κ3) is 2.88. The third-order valence-electron chi connectivity index (χ3n) is 2.42. The lowest BCUT2D eigenvalue weighted by Gasteiger charge is -2.13. The minimum atomic E-state index is -0.459. The Hall–Kier alpha value is -1.75. The maximum Gasteiger partial charge on any atom is 0.341 e. The molecule has 0 saturated carbocycles. The highest BCUT2D eigenvalue weighted by molar-refractivity contribution is 5.93. The Morgan fingerprint density at radius 1 is 1.18 bits per heavy atom. The normalized spacial score (nSPS) is 9.88. The first kappa shape index (κ1) is 13.3. The van der Waals surface area contributed by atoms with Crippen LogP contribution in [0.3, 0.4) is 0 Å². The maximum atomic E-state index is 11.5. The zero-order chi connectivity index (χ0) is 12.8. The molecule has 0 aliphatic heterocycles. The predicted octanol–water partition coefficient (Wildman–Crippen LogP) is 0.992. The molecule has 0 aromatic heterocycles. The van der Waals surface area contributed by atoms with E-state index in [9.17, 15) is 4.79 Å². The third-order valence-corrected chi connectivity index (χ3v) is 2.42. The van der Waals surface area contributed by atoms with Gasteiger partial charge in [-0.3, -0.25) is 0 Å². The smallest absolute Gasteiger partial charge is 0.341 e. The summed E-state index contributed by atoms with van der Waals surface area (Å²) in [5, 5.41) is 0. The fraction of sp³-hybridized carbons (Fsp3) is 0.417. The topological polar surface area (TPSA) is 70.8 Å². The molecule has 0 aliphatic carbocycles. The van der Waals surface area contributed by atoms with Gasteiger partial charge in [-0.05, 0) is 30.7 Å². The van der Waals surface area contributed by atoms with Crippen molar-refractivity contribution in [3.8, 4) is 11.5 Å². The second kappa shape index (κ2) is 6.10. The number of hydrogen-bond acceptors (Lipinski definition) is 5. The van der Waals surface area contributed by atoms with Crippen molar-refractivity contribution in [2.75, 3.05) is 27.9 Å². The molecular weight excluding hydrogens is 222 g/mol. The number of carbonyl (C=O) groups is 1. The Kier molecular flexibility index (Phi) is 4.78. The number of rotatable bonds is 5. The SMILES string of the molecule is COC(=O)c1cc(OC)c(CCN)cc1OC. The van der Waals surface area contributed by atoms with E-state index in [1.807, 2.05) is 0 Å². The van der Waals surface area contributed by atoms with E-state index in [4.69, 9.17) is 15.2 Å². The number of carbonyl (C=O) groups excluding carboxylic acids is 1. The molecule has 0 radical (unpaired) electrons. The van der Waals surface area contributed by atoms with Crippen molar-refractivity contribution in [1.82, 2.24) is 0 Å². The van der Waals surface area contributed by atoms with Gasteiger partial charge in [0.05, 0.1) is 21.3 Å². The summed E-state index contributed by atoms with van der Waals surface area (Å²) >= 11 is 0. The molecular formula is C12H17NO4. The molecule has 0 amide bonds. The molecule has 0 saturated heterocycles. The molecule has 1 aromatic rings. The van der Waals surface area contributed by atoms with Gasteiger partial charge >= 0.3 is 5.97 Å². The predicted molar refractivity (Wildman–Crippen MR) is 63.6 cm³/mol.